The summed E-state index contributed by atoms with van der Waals surface area (Å²) < 4.78 is 42.1. The molecule has 2 aromatic heterocycles. The van der Waals surface area contributed by atoms with Gasteiger partial charge in [0.05, 0.1) is 31.7 Å². The van der Waals surface area contributed by atoms with Gasteiger partial charge < -0.3 is 29.0 Å². The molecular weight excluding hydrogens is 641 g/mol. The highest BCUT2D eigenvalue weighted by atomic mass is 32.2. The van der Waals surface area contributed by atoms with E-state index in [-0.39, 0.29) is 19.1 Å². The Balaban J connectivity index is 1.61. The van der Waals surface area contributed by atoms with Gasteiger partial charge in [0.15, 0.2) is 11.5 Å². The Kier molecular flexibility index (Phi) is 22.0. The van der Waals surface area contributed by atoms with Gasteiger partial charge in [0.1, 0.15) is 18.2 Å². The number of fused-ring (bicyclic) bond motifs is 1. The molecule has 270 valence electrons. The second kappa shape index (κ2) is 25.1. The van der Waals surface area contributed by atoms with Crippen LogP contribution in [0.4, 0.5) is 10.6 Å². The zero-order valence-electron chi connectivity index (χ0n) is 29.2. The predicted octanol–water partition coefficient (Wildman–Crippen LogP) is 9.12. The monoisotopic (exact) mass is 701 g/mol. The topological polar surface area (TPSA) is 150 Å². The number of rotatable bonds is 29. The summed E-state index contributed by atoms with van der Waals surface area (Å²) in [7, 11) is -3.74. The minimum absolute atomic E-state index is 0.236. The second-order valence-corrected chi connectivity index (χ2v) is 15.5. The molecule has 0 fully saturated rings. The Morgan fingerprint density at radius 3 is 2.13 bits per heavy atom. The average Bonchev–Trinajstić information content (AvgIpc) is 3.44. The number of carbonyl (C=O) groups excluding carboxylic acids is 1. The summed E-state index contributed by atoms with van der Waals surface area (Å²) >= 11 is 1.88. The lowest BCUT2D eigenvalue weighted by molar-refractivity contribution is -0.0180. The number of nitrogens with zero attached hydrogens (tertiary/aromatic N) is 4. The molecule has 0 amide bonds. The van der Waals surface area contributed by atoms with Crippen LogP contribution < -0.4 is 5.73 Å². The van der Waals surface area contributed by atoms with E-state index in [1.54, 1.807) is 24.7 Å². The summed E-state index contributed by atoms with van der Waals surface area (Å²) in [5, 5.41) is 0. The van der Waals surface area contributed by atoms with Crippen molar-refractivity contribution in [1.29, 1.82) is 0 Å². The van der Waals surface area contributed by atoms with E-state index >= 15 is 0 Å². The quantitative estimate of drug-likeness (QED) is 0.0373. The van der Waals surface area contributed by atoms with Crippen molar-refractivity contribution >= 4 is 42.5 Å². The van der Waals surface area contributed by atoms with Crippen molar-refractivity contribution in [2.75, 3.05) is 37.0 Å². The summed E-state index contributed by atoms with van der Waals surface area (Å²) in [4.78, 5) is 24.2. The minimum atomic E-state index is -3.74. The molecule has 0 saturated carbocycles. The van der Waals surface area contributed by atoms with Crippen LogP contribution in [0.1, 0.15) is 124 Å². The van der Waals surface area contributed by atoms with Gasteiger partial charge in [-0.15, -0.1) is 0 Å². The van der Waals surface area contributed by atoms with Crippen LogP contribution in [-0.4, -0.2) is 69.1 Å². The first kappa shape index (κ1) is 41.3. The van der Waals surface area contributed by atoms with Crippen molar-refractivity contribution in [2.24, 2.45) is 0 Å². The molecule has 0 aliphatic carbocycles. The minimum Gasteiger partial charge on any atom is -0.432 e. The summed E-state index contributed by atoms with van der Waals surface area (Å²) in [5.41, 5.74) is 6.96. The molecule has 2 aromatic rings. The third-order valence-corrected chi connectivity index (χ3v) is 10.2. The molecule has 0 bridgehead atoms. The van der Waals surface area contributed by atoms with Crippen LogP contribution >= 0.6 is 19.4 Å². The van der Waals surface area contributed by atoms with E-state index in [1.807, 2.05) is 18.7 Å². The molecule has 12 nitrogen and oxygen atoms in total. The molecule has 0 aliphatic heterocycles. The summed E-state index contributed by atoms with van der Waals surface area (Å²) in [6.07, 6.45) is 20.7. The third kappa shape index (κ3) is 19.0. The highest BCUT2D eigenvalue weighted by Gasteiger charge is 2.28. The zero-order valence-corrected chi connectivity index (χ0v) is 30.9. The largest absolute Gasteiger partial charge is 0.510 e. The number of nitrogen functional groups attached to an aromatic ring is 1. The van der Waals surface area contributed by atoms with Gasteiger partial charge in [-0.05, 0) is 45.1 Å². The molecule has 0 aromatic carbocycles. The molecule has 2 atom stereocenters. The van der Waals surface area contributed by atoms with Crippen LogP contribution in [-0.2, 0) is 34.4 Å². The molecule has 47 heavy (non-hydrogen) atoms. The number of hydrogen-bond acceptors (Lipinski definition) is 12. The predicted molar refractivity (Wildman–Crippen MR) is 190 cm³/mol. The lowest BCUT2D eigenvalue weighted by atomic mass is 10.0. The Morgan fingerprint density at radius 1 is 0.872 bits per heavy atom. The fourth-order valence-corrected chi connectivity index (χ4v) is 7.15. The van der Waals surface area contributed by atoms with E-state index < -0.39 is 26.6 Å². The van der Waals surface area contributed by atoms with Gasteiger partial charge in [-0.25, -0.2) is 19.7 Å². The maximum absolute atomic E-state index is 13.5. The summed E-state index contributed by atoms with van der Waals surface area (Å²) in [5.74, 6) is 2.30. The standard InChI is InChI=1S/C33H60N5O7PS/c1-5-6-7-8-9-10-11-12-13-14-15-16-17-18-21-47-22-19-20-43-46(40,44-26-41-33(39)45-28(2)3)27-42-29(4)23-38-25-37-30-31(34)35-24-36-32(30)38/h24-25,28-29H,5-23,26-27H2,1-4H3,(H2,34,35,36)/t29-,46?/m1/s1. The van der Waals surface area contributed by atoms with Crippen molar-refractivity contribution in [3.8, 4) is 0 Å². The van der Waals surface area contributed by atoms with E-state index in [1.165, 1.54) is 96.2 Å². The lowest BCUT2D eigenvalue weighted by Gasteiger charge is -2.21. The number of aromatic nitrogens is 4. The smallest absolute Gasteiger partial charge is 0.432 e. The Labute approximate surface area is 286 Å². The van der Waals surface area contributed by atoms with Gasteiger partial charge in [-0.3, -0.25) is 9.09 Å². The SMILES string of the molecule is CCCCCCCCCCCCCCCCSCCCOP(=O)(CO[C@H](C)Cn1cnc2c(N)ncnc21)OCOC(=O)OC(C)C. The van der Waals surface area contributed by atoms with Crippen molar-refractivity contribution in [2.45, 2.75) is 143 Å². The molecular formula is C33H60N5O7PS. The van der Waals surface area contributed by atoms with Crippen LogP contribution in [0.15, 0.2) is 12.7 Å². The van der Waals surface area contributed by atoms with Gasteiger partial charge in [0.2, 0.25) is 6.79 Å². The molecule has 0 saturated heterocycles. The fourth-order valence-electron chi connectivity index (χ4n) is 4.94. The number of unbranched alkanes of at least 4 members (excludes halogenated alkanes) is 13. The van der Waals surface area contributed by atoms with E-state index in [0.29, 0.717) is 29.9 Å². The molecule has 14 heteroatoms. The van der Waals surface area contributed by atoms with Crippen molar-refractivity contribution in [1.82, 2.24) is 19.5 Å². The van der Waals surface area contributed by atoms with Crippen LogP contribution in [0.25, 0.3) is 11.2 Å². The van der Waals surface area contributed by atoms with Crippen molar-refractivity contribution < 1.29 is 32.6 Å². The van der Waals surface area contributed by atoms with Crippen LogP contribution in [0.2, 0.25) is 0 Å². The number of carbonyl (C=O) groups is 1. The first-order chi connectivity index (χ1) is 22.7. The van der Waals surface area contributed by atoms with Gasteiger partial charge in [-0.1, -0.05) is 90.4 Å². The third-order valence-electron chi connectivity index (χ3n) is 7.52. The van der Waals surface area contributed by atoms with Crippen molar-refractivity contribution in [3.05, 3.63) is 12.7 Å². The van der Waals surface area contributed by atoms with Gasteiger partial charge in [0.25, 0.3) is 0 Å². The lowest BCUT2D eigenvalue weighted by Crippen LogP contribution is -2.19. The Bertz CT molecular complexity index is 1160. The fraction of sp³-hybridized carbons (Fsp3) is 0.818. The number of thioether (sulfide) groups is 1. The molecule has 0 aliphatic rings. The van der Waals surface area contributed by atoms with Gasteiger partial charge in [-0.2, -0.15) is 11.8 Å². The van der Waals surface area contributed by atoms with E-state index in [2.05, 4.69) is 21.9 Å². The van der Waals surface area contributed by atoms with Gasteiger partial charge >= 0.3 is 13.8 Å². The first-order valence-corrected chi connectivity index (χ1v) is 20.4. The average molecular weight is 702 g/mol. The molecule has 2 N–H and O–H groups in total. The normalized spacial score (nSPS) is 13.6. The number of ether oxygens (including phenoxy) is 3. The number of nitrogens with two attached hydrogens (primary N) is 1. The molecule has 0 spiro atoms. The van der Waals surface area contributed by atoms with E-state index in [0.717, 1.165) is 11.5 Å². The highest BCUT2D eigenvalue weighted by Crippen LogP contribution is 2.48. The van der Waals surface area contributed by atoms with Crippen LogP contribution in [0.3, 0.4) is 0 Å². The van der Waals surface area contributed by atoms with Crippen molar-refractivity contribution in [3.63, 3.8) is 0 Å². The maximum atomic E-state index is 13.5. The van der Waals surface area contributed by atoms with Crippen LogP contribution in [0, 0.1) is 0 Å². The number of imidazole rings is 1. The Morgan fingerprint density at radius 2 is 1.49 bits per heavy atom. The highest BCUT2D eigenvalue weighted by molar-refractivity contribution is 7.99. The molecule has 0 radical (unpaired) electrons. The summed E-state index contributed by atoms with van der Waals surface area (Å²) in [6.45, 7) is 7.54. The van der Waals surface area contributed by atoms with E-state index in [4.69, 9.17) is 29.0 Å². The van der Waals surface area contributed by atoms with E-state index in [9.17, 15) is 9.36 Å². The molecule has 2 rings (SSSR count). The second-order valence-electron chi connectivity index (χ2n) is 12.2. The summed E-state index contributed by atoms with van der Waals surface area (Å²) in [6, 6.07) is 0. The number of hydrogen-bond donors (Lipinski definition) is 1. The van der Waals surface area contributed by atoms with Crippen LogP contribution in [0.5, 0.6) is 0 Å². The zero-order chi connectivity index (χ0) is 34.2. The molecule has 2 heterocycles. The maximum Gasteiger partial charge on any atom is 0.510 e. The first-order valence-electron chi connectivity index (χ1n) is 17.6. The molecule has 1 unspecified atom stereocenters. The number of anilines is 1. The Hall–Kier alpha value is -1.92. The van der Waals surface area contributed by atoms with Gasteiger partial charge in [0, 0.05) is 0 Å².